The average molecular weight is 700 g/mol. The van der Waals surface area contributed by atoms with Crippen molar-refractivity contribution in [2.45, 2.75) is 131 Å². The van der Waals surface area contributed by atoms with Crippen molar-refractivity contribution in [1.82, 2.24) is 20.1 Å². The van der Waals surface area contributed by atoms with Crippen LogP contribution in [-0.4, -0.2) is 55.4 Å². The summed E-state index contributed by atoms with van der Waals surface area (Å²) < 4.78 is 72.9. The molecule has 0 atom stereocenters. The quantitative estimate of drug-likeness (QED) is 0.224. The Morgan fingerprint density at radius 2 is 1.56 bits per heavy atom. The molecule has 9 rings (SSSR count). The Kier molecular flexibility index (Phi) is 8.11. The highest BCUT2D eigenvalue weighted by atomic mass is 19.4. The van der Waals surface area contributed by atoms with E-state index in [1.165, 1.54) is 0 Å². The minimum atomic E-state index is -4.70. The number of hydrogen-bond donors (Lipinski definition) is 1. The molecule has 6 aliphatic rings. The van der Waals surface area contributed by atoms with E-state index in [1.54, 1.807) is 0 Å². The summed E-state index contributed by atoms with van der Waals surface area (Å²) in [6, 6.07) is 7.84. The number of fused-ring (bicyclic) bond motifs is 3. The molecule has 6 saturated carbocycles. The smallest absolute Gasteiger partial charge is 0.380 e. The van der Waals surface area contributed by atoms with Crippen LogP contribution in [0.25, 0.3) is 11.1 Å². The Labute approximate surface area is 287 Å². The number of alkyl halides is 5. The van der Waals surface area contributed by atoms with Crippen LogP contribution in [0.5, 0.6) is 0 Å². The molecule has 0 radical (unpaired) electrons. The maximum absolute atomic E-state index is 14.2. The van der Waals surface area contributed by atoms with Crippen molar-refractivity contribution in [1.29, 1.82) is 0 Å². The molecule has 0 saturated heterocycles. The molecule has 1 aromatic carbocycles. The van der Waals surface area contributed by atoms with E-state index in [9.17, 15) is 31.9 Å². The van der Waals surface area contributed by atoms with Gasteiger partial charge in [-0.05, 0) is 106 Å². The Hall–Kier alpha value is -3.48. The minimum absolute atomic E-state index is 0.0587. The van der Waals surface area contributed by atoms with E-state index >= 15 is 0 Å². The molecule has 8 nitrogen and oxygen atoms in total. The SMILES string of the molecule is O=C(CC1CCC(F)(F)CC1)N(CC12CCC(c3noc(C4CC(O)(C(F)(F)F)C4)n3)(CC1)CC2)c1cccc(-c2cnc(C3CC3)nc2)c1. The molecule has 6 fully saturated rings. The fraction of sp³-hybridized carbons (Fsp3) is 0.649. The topological polar surface area (TPSA) is 105 Å². The highest BCUT2D eigenvalue weighted by Gasteiger charge is 2.63. The first-order valence-corrected chi connectivity index (χ1v) is 18.0. The summed E-state index contributed by atoms with van der Waals surface area (Å²) in [6.45, 7) is 0.501. The first kappa shape index (κ1) is 33.7. The number of hydrogen-bond acceptors (Lipinski definition) is 7. The summed E-state index contributed by atoms with van der Waals surface area (Å²) in [5.74, 6) is -1.46. The Morgan fingerprint density at radius 3 is 2.18 bits per heavy atom. The largest absolute Gasteiger partial charge is 0.417 e. The summed E-state index contributed by atoms with van der Waals surface area (Å²) in [4.78, 5) is 29.8. The van der Waals surface area contributed by atoms with Gasteiger partial charge in [0.25, 0.3) is 0 Å². The van der Waals surface area contributed by atoms with Crippen LogP contribution >= 0.6 is 0 Å². The summed E-state index contributed by atoms with van der Waals surface area (Å²) >= 11 is 0. The fourth-order valence-electron chi connectivity index (χ4n) is 8.83. The summed E-state index contributed by atoms with van der Waals surface area (Å²) in [5, 5.41) is 14.1. The molecule has 268 valence electrons. The molecule has 0 aliphatic heterocycles. The lowest BCUT2D eigenvalue weighted by atomic mass is 9.53. The molecular weight excluding hydrogens is 657 g/mol. The monoisotopic (exact) mass is 699 g/mol. The zero-order valence-corrected chi connectivity index (χ0v) is 27.9. The van der Waals surface area contributed by atoms with Gasteiger partial charge < -0.3 is 14.5 Å². The van der Waals surface area contributed by atoms with Gasteiger partial charge in [0.1, 0.15) is 5.82 Å². The Balaban J connectivity index is 0.992. The number of benzene rings is 1. The zero-order valence-electron chi connectivity index (χ0n) is 27.9. The van der Waals surface area contributed by atoms with Gasteiger partial charge in [0.05, 0.1) is 0 Å². The van der Waals surface area contributed by atoms with Gasteiger partial charge in [0.2, 0.25) is 17.7 Å². The van der Waals surface area contributed by atoms with E-state index in [1.807, 2.05) is 41.6 Å². The maximum Gasteiger partial charge on any atom is 0.417 e. The van der Waals surface area contributed by atoms with Crippen LogP contribution in [0.2, 0.25) is 0 Å². The third kappa shape index (κ3) is 6.32. The van der Waals surface area contributed by atoms with Crippen molar-refractivity contribution in [3.8, 4) is 11.1 Å². The van der Waals surface area contributed by atoms with Crippen LogP contribution in [0, 0.1) is 11.3 Å². The van der Waals surface area contributed by atoms with Gasteiger partial charge in [0.15, 0.2) is 11.4 Å². The molecule has 1 N–H and O–H groups in total. The molecule has 3 aromatic rings. The number of carbonyl (C=O) groups is 1. The Bertz CT molecular complexity index is 1700. The average Bonchev–Trinajstić information content (AvgIpc) is 3.83. The lowest BCUT2D eigenvalue weighted by Gasteiger charge is -2.53. The molecule has 2 aromatic heterocycles. The molecular formula is C37H42F5N5O3. The van der Waals surface area contributed by atoms with Crippen molar-refractivity contribution in [2.24, 2.45) is 11.3 Å². The standard InChI is InChI=1S/C37H42F5N5O3/c38-36(39)8-6-23(7-9-36)16-29(48)47(28-3-1-2-25(17-28)27-20-43-30(44-21-27)24-4-5-24)22-33-10-13-34(14-11-33,15-12-33)32-45-31(50-46-32)26-18-35(49,19-26)37(40,41)42/h1-3,17,20-21,23-24,26,49H,4-16,18-19,22H2. The molecule has 50 heavy (non-hydrogen) atoms. The minimum Gasteiger partial charge on any atom is -0.380 e. The van der Waals surface area contributed by atoms with Crippen molar-refractivity contribution >= 4 is 11.6 Å². The lowest BCUT2D eigenvalue weighted by molar-refractivity contribution is -0.292. The highest BCUT2D eigenvalue weighted by Crippen LogP contribution is 2.58. The summed E-state index contributed by atoms with van der Waals surface area (Å²) in [7, 11) is 0. The number of anilines is 1. The highest BCUT2D eigenvalue weighted by molar-refractivity contribution is 5.94. The number of halogens is 5. The van der Waals surface area contributed by atoms with Gasteiger partial charge in [-0.1, -0.05) is 17.3 Å². The van der Waals surface area contributed by atoms with Crippen LogP contribution < -0.4 is 4.90 Å². The predicted octanol–water partition coefficient (Wildman–Crippen LogP) is 8.42. The lowest BCUT2D eigenvalue weighted by Crippen LogP contribution is -2.54. The molecule has 2 bridgehead atoms. The van der Waals surface area contributed by atoms with E-state index in [-0.39, 0.29) is 47.8 Å². The fourth-order valence-corrected chi connectivity index (χ4v) is 8.83. The van der Waals surface area contributed by atoms with Crippen LogP contribution in [0.4, 0.5) is 27.6 Å². The molecule has 0 unspecified atom stereocenters. The Morgan fingerprint density at radius 1 is 0.900 bits per heavy atom. The van der Waals surface area contributed by atoms with E-state index in [0.29, 0.717) is 31.1 Å². The van der Waals surface area contributed by atoms with Crippen LogP contribution in [-0.2, 0) is 10.2 Å². The van der Waals surface area contributed by atoms with Gasteiger partial charge in [-0.2, -0.15) is 18.2 Å². The number of nitrogens with zero attached hydrogens (tertiary/aromatic N) is 5. The van der Waals surface area contributed by atoms with Gasteiger partial charge >= 0.3 is 6.18 Å². The van der Waals surface area contributed by atoms with Crippen molar-refractivity contribution in [3.05, 3.63) is 54.2 Å². The van der Waals surface area contributed by atoms with Crippen LogP contribution in [0.3, 0.4) is 0 Å². The molecule has 2 heterocycles. The number of carbonyl (C=O) groups excluding carboxylic acids is 1. The first-order chi connectivity index (χ1) is 23.7. The first-order valence-electron chi connectivity index (χ1n) is 18.0. The molecule has 1 amide bonds. The number of aliphatic hydroxyl groups is 1. The summed E-state index contributed by atoms with van der Waals surface area (Å²) in [6.07, 6.45) is 5.42. The van der Waals surface area contributed by atoms with Gasteiger partial charge in [-0.3, -0.25) is 4.79 Å². The second-order valence-electron chi connectivity index (χ2n) is 16.0. The van der Waals surface area contributed by atoms with E-state index in [4.69, 9.17) is 4.52 Å². The normalized spacial score (nSPS) is 31.0. The molecule has 6 aliphatic carbocycles. The third-order valence-electron chi connectivity index (χ3n) is 12.6. The van der Waals surface area contributed by atoms with Crippen LogP contribution in [0.1, 0.15) is 126 Å². The number of rotatable bonds is 9. The van der Waals surface area contributed by atoms with Crippen LogP contribution in [0.15, 0.2) is 41.2 Å². The van der Waals surface area contributed by atoms with Gasteiger partial charge in [-0.15, -0.1) is 0 Å². The molecule has 13 heteroatoms. The maximum atomic E-state index is 14.2. The second-order valence-corrected chi connectivity index (χ2v) is 16.0. The third-order valence-corrected chi connectivity index (χ3v) is 12.6. The van der Waals surface area contributed by atoms with Gasteiger partial charge in [-0.25, -0.2) is 18.7 Å². The molecule has 0 spiro atoms. The van der Waals surface area contributed by atoms with E-state index in [2.05, 4.69) is 20.1 Å². The summed E-state index contributed by atoms with van der Waals surface area (Å²) in [5.41, 5.74) is -0.690. The van der Waals surface area contributed by atoms with Gasteiger partial charge in [0, 0.05) is 66.7 Å². The van der Waals surface area contributed by atoms with Crippen molar-refractivity contribution in [2.75, 3.05) is 11.4 Å². The van der Waals surface area contributed by atoms with E-state index in [0.717, 1.165) is 74.0 Å². The van der Waals surface area contributed by atoms with Crippen molar-refractivity contribution in [3.63, 3.8) is 0 Å². The second kappa shape index (κ2) is 12.1. The zero-order chi connectivity index (χ0) is 34.9. The number of aromatic nitrogens is 4. The van der Waals surface area contributed by atoms with Crippen molar-refractivity contribution < 1.29 is 36.4 Å². The van der Waals surface area contributed by atoms with E-state index < -0.39 is 36.5 Å². The number of amides is 1. The predicted molar refractivity (Wildman–Crippen MR) is 172 cm³/mol.